The quantitative estimate of drug-likeness (QED) is 0.243. The molecule has 3 heterocycles. The van der Waals surface area contributed by atoms with Crippen molar-refractivity contribution in [1.82, 2.24) is 24.9 Å². The molecule has 1 aliphatic heterocycles. The molecular weight excluding hydrogens is 487 g/mol. The second-order valence-electron chi connectivity index (χ2n) is 9.43. The normalized spacial score (nSPS) is 15.1. The summed E-state index contributed by atoms with van der Waals surface area (Å²) in [5.74, 6) is 1.63. The molecule has 1 aliphatic rings. The van der Waals surface area contributed by atoms with Crippen LogP contribution in [0.25, 0.3) is 10.9 Å². The van der Waals surface area contributed by atoms with Gasteiger partial charge in [-0.1, -0.05) is 24.1 Å². The molecule has 0 saturated carbocycles. The molecule has 1 amide bonds. The molecule has 4 rings (SSSR count). The van der Waals surface area contributed by atoms with E-state index in [0.29, 0.717) is 11.4 Å². The SMILES string of the molecule is CC(=O)N1CCC(Cc2cn(CCCCCCSc3ccnc4cc(C(F)(F)F)ccc34)nn2)CC1. The second-order valence-corrected chi connectivity index (χ2v) is 10.6. The van der Waals surface area contributed by atoms with Crippen molar-refractivity contribution < 1.29 is 18.0 Å². The topological polar surface area (TPSA) is 63.9 Å². The number of benzene rings is 1. The van der Waals surface area contributed by atoms with Crippen LogP contribution in [0, 0.1) is 5.92 Å². The van der Waals surface area contributed by atoms with Crippen LogP contribution in [0.5, 0.6) is 0 Å². The summed E-state index contributed by atoms with van der Waals surface area (Å²) in [5.41, 5.74) is 0.738. The Morgan fingerprint density at radius 1 is 1.11 bits per heavy atom. The largest absolute Gasteiger partial charge is 0.416 e. The summed E-state index contributed by atoms with van der Waals surface area (Å²) >= 11 is 1.67. The highest BCUT2D eigenvalue weighted by atomic mass is 32.2. The van der Waals surface area contributed by atoms with E-state index >= 15 is 0 Å². The highest BCUT2D eigenvalue weighted by molar-refractivity contribution is 7.99. The van der Waals surface area contributed by atoms with E-state index in [2.05, 4.69) is 15.3 Å². The van der Waals surface area contributed by atoms with Crippen molar-refractivity contribution in [3.63, 3.8) is 0 Å². The fourth-order valence-corrected chi connectivity index (χ4v) is 5.68. The van der Waals surface area contributed by atoms with Crippen LogP contribution < -0.4 is 0 Å². The molecule has 10 heteroatoms. The van der Waals surface area contributed by atoms with Crippen molar-refractivity contribution in [2.75, 3.05) is 18.8 Å². The number of aromatic nitrogens is 4. The number of carbonyl (C=O) groups excluding carboxylic acids is 1. The molecule has 1 fully saturated rings. The van der Waals surface area contributed by atoms with Gasteiger partial charge >= 0.3 is 6.18 Å². The van der Waals surface area contributed by atoms with E-state index in [4.69, 9.17) is 0 Å². The number of carbonyl (C=O) groups is 1. The summed E-state index contributed by atoms with van der Waals surface area (Å²) in [7, 11) is 0. The zero-order valence-electron chi connectivity index (χ0n) is 20.5. The number of aryl methyl sites for hydroxylation is 1. The number of pyridine rings is 1. The van der Waals surface area contributed by atoms with Crippen LogP contribution in [0.1, 0.15) is 56.7 Å². The molecule has 0 spiro atoms. The van der Waals surface area contributed by atoms with Gasteiger partial charge in [0.25, 0.3) is 0 Å². The highest BCUT2D eigenvalue weighted by Gasteiger charge is 2.30. The molecule has 6 nitrogen and oxygen atoms in total. The van der Waals surface area contributed by atoms with Gasteiger partial charge in [-0.25, -0.2) is 0 Å². The van der Waals surface area contributed by atoms with Crippen LogP contribution in [-0.2, 0) is 23.9 Å². The van der Waals surface area contributed by atoms with E-state index in [1.54, 1.807) is 24.9 Å². The van der Waals surface area contributed by atoms with E-state index < -0.39 is 11.7 Å². The van der Waals surface area contributed by atoms with Gasteiger partial charge in [0.1, 0.15) is 0 Å². The van der Waals surface area contributed by atoms with Crippen LogP contribution >= 0.6 is 11.8 Å². The van der Waals surface area contributed by atoms with Gasteiger partial charge in [0, 0.05) is 49.2 Å². The first-order valence-corrected chi connectivity index (χ1v) is 13.5. The number of piperidine rings is 1. The number of fused-ring (bicyclic) bond motifs is 1. The summed E-state index contributed by atoms with van der Waals surface area (Å²) in [6, 6.07) is 5.64. The van der Waals surface area contributed by atoms with Gasteiger partial charge in [0.2, 0.25) is 5.91 Å². The lowest BCUT2D eigenvalue weighted by molar-refractivity contribution is -0.137. The van der Waals surface area contributed by atoms with Gasteiger partial charge in [-0.2, -0.15) is 13.2 Å². The third kappa shape index (κ3) is 7.21. The smallest absolute Gasteiger partial charge is 0.343 e. The summed E-state index contributed by atoms with van der Waals surface area (Å²) in [4.78, 5) is 18.5. The zero-order valence-corrected chi connectivity index (χ0v) is 21.3. The first-order valence-electron chi connectivity index (χ1n) is 12.5. The average molecular weight is 520 g/mol. The number of nitrogens with zero attached hydrogens (tertiary/aromatic N) is 5. The number of unbranched alkanes of at least 4 members (excludes halogenated alkanes) is 3. The van der Waals surface area contributed by atoms with Gasteiger partial charge in [-0.3, -0.25) is 14.5 Å². The molecule has 0 aliphatic carbocycles. The zero-order chi connectivity index (χ0) is 25.5. The summed E-state index contributed by atoms with van der Waals surface area (Å²) < 4.78 is 40.8. The fraction of sp³-hybridized carbons (Fsp3) is 0.538. The number of amides is 1. The molecule has 194 valence electrons. The van der Waals surface area contributed by atoms with Gasteiger partial charge in [-0.05, 0) is 62.0 Å². The van der Waals surface area contributed by atoms with E-state index in [1.807, 2.05) is 21.8 Å². The maximum Gasteiger partial charge on any atom is 0.416 e. The minimum Gasteiger partial charge on any atom is -0.343 e. The minimum atomic E-state index is -4.36. The van der Waals surface area contributed by atoms with Gasteiger partial charge in [0.05, 0.1) is 16.8 Å². The molecule has 1 aromatic carbocycles. The maximum atomic E-state index is 13.0. The fourth-order valence-electron chi connectivity index (χ4n) is 4.62. The van der Waals surface area contributed by atoms with Crippen molar-refractivity contribution in [3.8, 4) is 0 Å². The van der Waals surface area contributed by atoms with Crippen LogP contribution in [-0.4, -0.2) is 49.6 Å². The third-order valence-electron chi connectivity index (χ3n) is 6.71. The Balaban J connectivity index is 1.13. The number of alkyl halides is 3. The molecular formula is C26H32F3N5OS. The van der Waals surface area contributed by atoms with Crippen molar-refractivity contribution in [2.45, 2.75) is 69.5 Å². The predicted molar refractivity (Wildman–Crippen MR) is 135 cm³/mol. The highest BCUT2D eigenvalue weighted by Crippen LogP contribution is 2.34. The molecule has 0 N–H and O–H groups in total. The Bertz CT molecular complexity index is 1160. The molecule has 36 heavy (non-hydrogen) atoms. The van der Waals surface area contributed by atoms with Gasteiger partial charge in [-0.15, -0.1) is 16.9 Å². The lowest BCUT2D eigenvalue weighted by Gasteiger charge is -2.30. The second kappa shape index (κ2) is 12.1. The Hall–Kier alpha value is -2.62. The summed E-state index contributed by atoms with van der Waals surface area (Å²) in [6.45, 7) is 4.15. The van der Waals surface area contributed by atoms with E-state index in [-0.39, 0.29) is 5.91 Å². The van der Waals surface area contributed by atoms with E-state index in [9.17, 15) is 18.0 Å². The lowest BCUT2D eigenvalue weighted by atomic mass is 9.92. The molecule has 0 radical (unpaired) electrons. The average Bonchev–Trinajstić information content (AvgIpc) is 3.30. The van der Waals surface area contributed by atoms with Crippen molar-refractivity contribution in [2.24, 2.45) is 5.92 Å². The van der Waals surface area contributed by atoms with Crippen molar-refractivity contribution >= 4 is 28.6 Å². The maximum absolute atomic E-state index is 13.0. The number of thioether (sulfide) groups is 1. The Kier molecular flexibility index (Phi) is 8.87. The van der Waals surface area contributed by atoms with Gasteiger partial charge in [0.15, 0.2) is 0 Å². The third-order valence-corrected chi connectivity index (χ3v) is 7.87. The Morgan fingerprint density at radius 3 is 2.64 bits per heavy atom. The van der Waals surface area contributed by atoms with Crippen LogP contribution in [0.3, 0.4) is 0 Å². The molecule has 1 saturated heterocycles. The number of hydrogen-bond acceptors (Lipinski definition) is 5. The number of hydrogen-bond donors (Lipinski definition) is 0. The minimum absolute atomic E-state index is 0.159. The summed E-state index contributed by atoms with van der Waals surface area (Å²) in [5, 5.41) is 9.37. The van der Waals surface area contributed by atoms with Crippen molar-refractivity contribution in [3.05, 3.63) is 47.9 Å². The van der Waals surface area contributed by atoms with E-state index in [1.165, 1.54) is 6.07 Å². The number of rotatable bonds is 10. The summed E-state index contributed by atoms with van der Waals surface area (Å²) in [6.07, 6.45) is 6.47. The van der Waals surface area contributed by atoms with E-state index in [0.717, 1.165) is 98.4 Å². The first kappa shape index (κ1) is 26.4. The standard InChI is InChI=1S/C26H32F3N5OS/c1-19(35)33-13-9-20(10-14-33)16-22-18-34(32-31-22)12-4-2-3-5-15-36-25-8-11-30-24-17-21(26(27,28)29)6-7-23(24)25/h6-8,11,17-18,20H,2-5,9-10,12-16H2,1H3. The molecule has 0 atom stereocenters. The predicted octanol–water partition coefficient (Wildman–Crippen LogP) is 6.00. The number of halogens is 3. The van der Waals surface area contributed by atoms with Crippen molar-refractivity contribution in [1.29, 1.82) is 0 Å². The molecule has 2 aromatic heterocycles. The molecule has 0 bridgehead atoms. The Morgan fingerprint density at radius 2 is 1.89 bits per heavy atom. The Labute approximate surface area is 213 Å². The van der Waals surface area contributed by atoms with Crippen LogP contribution in [0.4, 0.5) is 13.2 Å². The number of likely N-dealkylation sites (tertiary alicyclic amines) is 1. The lowest BCUT2D eigenvalue weighted by Crippen LogP contribution is -2.37. The first-order chi connectivity index (χ1) is 17.3. The molecule has 0 unspecified atom stereocenters. The van der Waals surface area contributed by atoms with Gasteiger partial charge < -0.3 is 4.90 Å². The monoisotopic (exact) mass is 519 g/mol. The molecule has 3 aromatic rings. The van der Waals surface area contributed by atoms with Crippen LogP contribution in [0.15, 0.2) is 41.6 Å². The van der Waals surface area contributed by atoms with Crippen LogP contribution in [0.2, 0.25) is 0 Å².